The van der Waals surface area contributed by atoms with E-state index in [1.54, 1.807) is 36.5 Å². The molecule has 7 nitrogen and oxygen atoms in total. The Balaban J connectivity index is 1.52. The number of rotatable bonds is 6. The molecular formula is C20H17N3O4. The van der Waals surface area contributed by atoms with Crippen LogP contribution in [-0.4, -0.2) is 29.7 Å². The molecule has 0 fully saturated rings. The molecular weight excluding hydrogens is 346 g/mol. The molecule has 1 N–H and O–H groups in total. The number of aromatic nitrogens is 1. The third kappa shape index (κ3) is 5.12. The Morgan fingerprint density at radius 3 is 2.67 bits per heavy atom. The molecule has 3 rings (SSSR count). The summed E-state index contributed by atoms with van der Waals surface area (Å²) in [7, 11) is 0. The van der Waals surface area contributed by atoms with Crippen LogP contribution < -0.4 is 14.9 Å². The van der Waals surface area contributed by atoms with Crippen LogP contribution in [0.25, 0.3) is 10.9 Å². The van der Waals surface area contributed by atoms with Crippen LogP contribution in [-0.2, 0) is 9.59 Å². The van der Waals surface area contributed by atoms with Gasteiger partial charge in [-0.15, -0.1) is 0 Å². The molecule has 7 heteroatoms. The van der Waals surface area contributed by atoms with Crippen LogP contribution in [0.1, 0.15) is 12.5 Å². The quantitative estimate of drug-likeness (QED) is 0.315. The molecule has 136 valence electrons. The smallest absolute Gasteiger partial charge is 0.308 e. The van der Waals surface area contributed by atoms with Gasteiger partial charge in [-0.1, -0.05) is 18.2 Å². The highest BCUT2D eigenvalue weighted by molar-refractivity contribution is 5.85. The Bertz CT molecular complexity index is 979. The SMILES string of the molecule is CC(=O)Oc1ccc(/C=N\NC(=O)COc2cccc3cccnc23)cc1. The normalized spacial score (nSPS) is 10.7. The maximum atomic E-state index is 11.9. The lowest BCUT2D eigenvalue weighted by Crippen LogP contribution is -2.24. The van der Waals surface area contributed by atoms with E-state index in [2.05, 4.69) is 15.5 Å². The number of hydrazone groups is 1. The van der Waals surface area contributed by atoms with E-state index in [4.69, 9.17) is 9.47 Å². The van der Waals surface area contributed by atoms with Crippen molar-refractivity contribution in [3.05, 3.63) is 66.4 Å². The second kappa shape index (κ2) is 8.57. The van der Waals surface area contributed by atoms with Gasteiger partial charge in [0.05, 0.1) is 6.21 Å². The van der Waals surface area contributed by atoms with Gasteiger partial charge in [0, 0.05) is 18.5 Å². The number of carbonyl (C=O) groups is 2. The molecule has 0 radical (unpaired) electrons. The molecule has 1 heterocycles. The lowest BCUT2D eigenvalue weighted by atomic mass is 10.2. The molecule has 0 bridgehead atoms. The van der Waals surface area contributed by atoms with Crippen molar-refractivity contribution in [2.45, 2.75) is 6.92 Å². The predicted molar refractivity (Wildman–Crippen MR) is 101 cm³/mol. The summed E-state index contributed by atoms with van der Waals surface area (Å²) in [5, 5.41) is 4.81. The van der Waals surface area contributed by atoms with E-state index < -0.39 is 5.91 Å². The minimum atomic E-state index is -0.393. The van der Waals surface area contributed by atoms with Gasteiger partial charge in [-0.2, -0.15) is 5.10 Å². The number of benzene rings is 2. The number of nitrogens with one attached hydrogen (secondary N) is 1. The number of hydrogen-bond donors (Lipinski definition) is 1. The molecule has 0 unspecified atom stereocenters. The van der Waals surface area contributed by atoms with Crippen LogP contribution in [0.15, 0.2) is 65.9 Å². The van der Waals surface area contributed by atoms with Crippen LogP contribution in [0.5, 0.6) is 11.5 Å². The van der Waals surface area contributed by atoms with E-state index in [-0.39, 0.29) is 12.6 Å². The van der Waals surface area contributed by atoms with Crippen LogP contribution in [0, 0.1) is 0 Å². The summed E-state index contributed by atoms with van der Waals surface area (Å²) >= 11 is 0. The van der Waals surface area contributed by atoms with Crippen molar-refractivity contribution >= 4 is 29.0 Å². The molecule has 0 spiro atoms. The largest absolute Gasteiger partial charge is 0.481 e. The minimum absolute atomic E-state index is 0.182. The van der Waals surface area contributed by atoms with Gasteiger partial charge in [-0.05, 0) is 42.0 Å². The first-order valence-corrected chi connectivity index (χ1v) is 8.19. The number of amides is 1. The van der Waals surface area contributed by atoms with Gasteiger partial charge in [-0.3, -0.25) is 14.6 Å². The Hall–Kier alpha value is -3.74. The van der Waals surface area contributed by atoms with E-state index in [1.165, 1.54) is 13.1 Å². The first kappa shape index (κ1) is 18.1. The summed E-state index contributed by atoms with van der Waals surface area (Å²) in [6.07, 6.45) is 3.15. The summed E-state index contributed by atoms with van der Waals surface area (Å²) in [5.74, 6) is 0.204. The van der Waals surface area contributed by atoms with Crippen molar-refractivity contribution in [2.75, 3.05) is 6.61 Å². The molecule has 0 saturated heterocycles. The lowest BCUT2D eigenvalue weighted by Gasteiger charge is -2.07. The van der Waals surface area contributed by atoms with Gasteiger partial charge in [0.25, 0.3) is 5.91 Å². The fourth-order valence-electron chi connectivity index (χ4n) is 2.33. The van der Waals surface area contributed by atoms with E-state index >= 15 is 0 Å². The third-order valence-corrected chi connectivity index (χ3v) is 3.50. The highest BCUT2D eigenvalue weighted by Crippen LogP contribution is 2.22. The summed E-state index contributed by atoms with van der Waals surface area (Å²) in [4.78, 5) is 27.0. The second-order valence-corrected chi connectivity index (χ2v) is 5.58. The molecule has 0 aliphatic carbocycles. The molecule has 27 heavy (non-hydrogen) atoms. The average Bonchev–Trinajstić information content (AvgIpc) is 2.67. The molecule has 3 aromatic rings. The Kier molecular flexibility index (Phi) is 5.73. The van der Waals surface area contributed by atoms with Gasteiger partial charge in [0.2, 0.25) is 0 Å². The van der Waals surface area contributed by atoms with Gasteiger partial charge in [0.1, 0.15) is 17.0 Å². The first-order chi connectivity index (χ1) is 13.1. The van der Waals surface area contributed by atoms with Gasteiger partial charge >= 0.3 is 5.97 Å². The Morgan fingerprint density at radius 1 is 1.11 bits per heavy atom. The van der Waals surface area contributed by atoms with Gasteiger partial charge < -0.3 is 9.47 Å². The molecule has 0 aliphatic heterocycles. The lowest BCUT2D eigenvalue weighted by molar-refractivity contribution is -0.131. The zero-order valence-corrected chi connectivity index (χ0v) is 14.6. The Morgan fingerprint density at radius 2 is 1.89 bits per heavy atom. The topological polar surface area (TPSA) is 89.9 Å². The number of nitrogens with zero attached hydrogens (tertiary/aromatic N) is 2. The Labute approximate surface area is 155 Å². The molecule has 1 aromatic heterocycles. The number of para-hydroxylation sites is 1. The molecule has 0 atom stereocenters. The van der Waals surface area contributed by atoms with E-state index in [1.807, 2.05) is 24.3 Å². The maximum absolute atomic E-state index is 11.9. The highest BCUT2D eigenvalue weighted by Gasteiger charge is 2.06. The van der Waals surface area contributed by atoms with Crippen LogP contribution in [0.2, 0.25) is 0 Å². The van der Waals surface area contributed by atoms with Gasteiger partial charge in [-0.25, -0.2) is 5.43 Å². The van der Waals surface area contributed by atoms with Crippen LogP contribution >= 0.6 is 0 Å². The maximum Gasteiger partial charge on any atom is 0.308 e. The second-order valence-electron chi connectivity index (χ2n) is 5.58. The monoisotopic (exact) mass is 363 g/mol. The molecule has 0 saturated carbocycles. The third-order valence-electron chi connectivity index (χ3n) is 3.50. The summed E-state index contributed by atoms with van der Waals surface area (Å²) in [6, 6.07) is 16.0. The van der Waals surface area contributed by atoms with Crippen molar-refractivity contribution in [2.24, 2.45) is 5.10 Å². The summed E-state index contributed by atoms with van der Waals surface area (Å²) in [5.41, 5.74) is 3.84. The van der Waals surface area contributed by atoms with Crippen molar-refractivity contribution in [3.63, 3.8) is 0 Å². The zero-order chi connectivity index (χ0) is 19.1. The molecule has 2 aromatic carbocycles. The van der Waals surface area contributed by atoms with E-state index in [0.29, 0.717) is 17.0 Å². The number of esters is 1. The van der Waals surface area contributed by atoms with Crippen molar-refractivity contribution in [3.8, 4) is 11.5 Å². The predicted octanol–water partition coefficient (Wildman–Crippen LogP) is 2.69. The van der Waals surface area contributed by atoms with E-state index in [0.717, 1.165) is 10.9 Å². The number of carbonyl (C=O) groups excluding carboxylic acids is 2. The number of pyridine rings is 1. The summed E-state index contributed by atoms with van der Waals surface area (Å²) < 4.78 is 10.5. The zero-order valence-electron chi connectivity index (χ0n) is 14.6. The molecule has 0 aliphatic rings. The average molecular weight is 363 g/mol. The van der Waals surface area contributed by atoms with E-state index in [9.17, 15) is 9.59 Å². The molecule has 1 amide bonds. The fourth-order valence-corrected chi connectivity index (χ4v) is 2.33. The number of fused-ring (bicyclic) bond motifs is 1. The van der Waals surface area contributed by atoms with Gasteiger partial charge in [0.15, 0.2) is 6.61 Å². The first-order valence-electron chi connectivity index (χ1n) is 8.19. The number of ether oxygens (including phenoxy) is 2. The van der Waals surface area contributed by atoms with Crippen molar-refractivity contribution in [1.29, 1.82) is 0 Å². The standard InChI is InChI=1S/C20H17N3O4/c1-14(24)27-17-9-7-15(8-10-17)12-22-23-19(25)13-26-18-6-2-4-16-5-3-11-21-20(16)18/h2-12H,13H2,1H3,(H,23,25)/b22-12-. The van der Waals surface area contributed by atoms with Crippen LogP contribution in [0.3, 0.4) is 0 Å². The minimum Gasteiger partial charge on any atom is -0.481 e. The van der Waals surface area contributed by atoms with Crippen molar-refractivity contribution in [1.82, 2.24) is 10.4 Å². The summed E-state index contributed by atoms with van der Waals surface area (Å²) in [6.45, 7) is 1.15. The van der Waals surface area contributed by atoms with Crippen LogP contribution in [0.4, 0.5) is 0 Å². The number of hydrogen-bond acceptors (Lipinski definition) is 6. The fraction of sp³-hybridized carbons (Fsp3) is 0.100. The highest BCUT2D eigenvalue weighted by atomic mass is 16.5. The van der Waals surface area contributed by atoms with Crippen molar-refractivity contribution < 1.29 is 19.1 Å².